The van der Waals surface area contributed by atoms with Crippen molar-refractivity contribution in [3.05, 3.63) is 52.9 Å². The Labute approximate surface area is 160 Å². The van der Waals surface area contributed by atoms with Crippen molar-refractivity contribution in [1.29, 1.82) is 0 Å². The van der Waals surface area contributed by atoms with E-state index >= 15 is 0 Å². The zero-order chi connectivity index (χ0) is 18.7. The van der Waals surface area contributed by atoms with Crippen LogP contribution in [0.25, 0.3) is 37.5 Å². The van der Waals surface area contributed by atoms with Crippen molar-refractivity contribution in [3.8, 4) is 11.4 Å². The molecule has 27 heavy (non-hydrogen) atoms. The summed E-state index contributed by atoms with van der Waals surface area (Å²) in [5.74, 6) is 0.477. The van der Waals surface area contributed by atoms with Crippen LogP contribution >= 0.6 is 22.9 Å². The SMILES string of the molecule is Cc1cc(C(F)F)nc2sc3c(ncn4nc(-c5ccccc5Cl)nc34)c12. The summed E-state index contributed by atoms with van der Waals surface area (Å²) in [5, 5.41) is 5.77. The predicted molar refractivity (Wildman–Crippen MR) is 102 cm³/mol. The lowest BCUT2D eigenvalue weighted by Crippen LogP contribution is -1.92. The van der Waals surface area contributed by atoms with Crippen LogP contribution < -0.4 is 0 Å². The van der Waals surface area contributed by atoms with Crippen molar-refractivity contribution in [2.24, 2.45) is 0 Å². The normalized spacial score (nSPS) is 12.0. The third kappa shape index (κ3) is 2.48. The largest absolute Gasteiger partial charge is 0.280 e. The van der Waals surface area contributed by atoms with Crippen LogP contribution in [0.5, 0.6) is 0 Å². The first-order valence-electron chi connectivity index (χ1n) is 8.01. The summed E-state index contributed by atoms with van der Waals surface area (Å²) in [6, 6.07) is 8.72. The Morgan fingerprint density at radius 1 is 1.19 bits per heavy atom. The minimum atomic E-state index is -2.62. The minimum absolute atomic E-state index is 0.235. The highest BCUT2D eigenvalue weighted by atomic mass is 35.5. The van der Waals surface area contributed by atoms with E-state index in [9.17, 15) is 8.78 Å². The van der Waals surface area contributed by atoms with Crippen molar-refractivity contribution in [2.45, 2.75) is 13.3 Å². The lowest BCUT2D eigenvalue weighted by Gasteiger charge is -2.01. The molecule has 0 amide bonds. The summed E-state index contributed by atoms with van der Waals surface area (Å²) in [4.78, 5) is 13.7. The van der Waals surface area contributed by atoms with Crippen LogP contribution in [-0.4, -0.2) is 24.6 Å². The van der Waals surface area contributed by atoms with E-state index in [1.165, 1.54) is 17.4 Å². The lowest BCUT2D eigenvalue weighted by atomic mass is 10.1. The number of benzene rings is 1. The highest BCUT2D eigenvalue weighted by Gasteiger charge is 2.19. The second-order valence-electron chi connectivity index (χ2n) is 6.05. The molecule has 0 spiro atoms. The molecule has 0 aliphatic carbocycles. The molecule has 5 rings (SSSR count). The molecule has 0 saturated heterocycles. The maximum Gasteiger partial charge on any atom is 0.280 e. The van der Waals surface area contributed by atoms with Gasteiger partial charge in [0.2, 0.25) is 0 Å². The number of hydrogen-bond donors (Lipinski definition) is 0. The fourth-order valence-corrected chi connectivity index (χ4v) is 4.51. The first kappa shape index (κ1) is 16.5. The number of pyridine rings is 1. The molecule has 0 fully saturated rings. The number of hydrogen-bond acceptors (Lipinski definition) is 5. The Morgan fingerprint density at radius 3 is 2.78 bits per heavy atom. The van der Waals surface area contributed by atoms with Crippen LogP contribution in [-0.2, 0) is 0 Å². The monoisotopic (exact) mass is 401 g/mol. The summed E-state index contributed by atoms with van der Waals surface area (Å²) in [7, 11) is 0. The van der Waals surface area contributed by atoms with Crippen molar-refractivity contribution >= 4 is 49.0 Å². The van der Waals surface area contributed by atoms with Gasteiger partial charge in [0.25, 0.3) is 6.43 Å². The van der Waals surface area contributed by atoms with E-state index in [0.29, 0.717) is 38.0 Å². The molecule has 0 aliphatic heterocycles. The van der Waals surface area contributed by atoms with Gasteiger partial charge < -0.3 is 0 Å². The average Bonchev–Trinajstić information content (AvgIpc) is 3.22. The van der Waals surface area contributed by atoms with Gasteiger partial charge in [0.05, 0.1) is 10.5 Å². The van der Waals surface area contributed by atoms with Gasteiger partial charge in [-0.2, -0.15) is 0 Å². The molecule has 134 valence electrons. The Bertz CT molecular complexity index is 1340. The quantitative estimate of drug-likeness (QED) is 0.394. The molecular weight excluding hydrogens is 392 g/mol. The number of nitrogens with zero attached hydrogens (tertiary/aromatic N) is 5. The minimum Gasteiger partial charge on any atom is -0.236 e. The lowest BCUT2D eigenvalue weighted by molar-refractivity contribution is 0.146. The summed E-state index contributed by atoms with van der Waals surface area (Å²) >= 11 is 7.54. The van der Waals surface area contributed by atoms with Gasteiger partial charge in [-0.1, -0.05) is 23.7 Å². The molecule has 0 N–H and O–H groups in total. The van der Waals surface area contributed by atoms with E-state index in [1.807, 2.05) is 18.2 Å². The van der Waals surface area contributed by atoms with Crippen molar-refractivity contribution in [2.75, 3.05) is 0 Å². The summed E-state index contributed by atoms with van der Waals surface area (Å²) in [6.07, 6.45) is -1.05. The molecule has 4 aromatic heterocycles. The molecule has 1 aromatic carbocycles. The smallest absolute Gasteiger partial charge is 0.236 e. The molecule has 0 unspecified atom stereocenters. The fourth-order valence-electron chi connectivity index (χ4n) is 3.10. The van der Waals surface area contributed by atoms with Gasteiger partial charge in [0.1, 0.15) is 21.6 Å². The van der Waals surface area contributed by atoms with Gasteiger partial charge in [-0.05, 0) is 30.7 Å². The topological polar surface area (TPSA) is 56.0 Å². The number of aryl methyl sites for hydroxylation is 1. The zero-order valence-corrected chi connectivity index (χ0v) is 15.4. The molecule has 0 bridgehead atoms. The van der Waals surface area contributed by atoms with E-state index in [1.54, 1.807) is 23.8 Å². The van der Waals surface area contributed by atoms with E-state index in [0.717, 1.165) is 10.1 Å². The van der Waals surface area contributed by atoms with Gasteiger partial charge >= 0.3 is 0 Å². The van der Waals surface area contributed by atoms with Crippen molar-refractivity contribution < 1.29 is 8.78 Å². The number of thiophene rings is 1. The molecule has 0 aliphatic rings. The summed E-state index contributed by atoms with van der Waals surface area (Å²) < 4.78 is 28.5. The fraction of sp³-hybridized carbons (Fsp3) is 0.111. The second kappa shape index (κ2) is 5.90. The number of rotatable bonds is 2. The Balaban J connectivity index is 1.82. The van der Waals surface area contributed by atoms with E-state index in [-0.39, 0.29) is 5.69 Å². The maximum atomic E-state index is 13.1. The van der Waals surface area contributed by atoms with Crippen LogP contribution in [0, 0.1) is 6.92 Å². The molecule has 4 heterocycles. The molecule has 0 saturated carbocycles. The Hall–Kier alpha value is -2.71. The first-order valence-corrected chi connectivity index (χ1v) is 9.20. The summed E-state index contributed by atoms with van der Waals surface area (Å²) in [6.45, 7) is 1.78. The number of halogens is 3. The second-order valence-corrected chi connectivity index (χ2v) is 7.46. The van der Waals surface area contributed by atoms with Gasteiger partial charge in [-0.3, -0.25) is 0 Å². The molecule has 5 aromatic rings. The number of aromatic nitrogens is 5. The van der Waals surface area contributed by atoms with E-state index < -0.39 is 6.43 Å². The van der Waals surface area contributed by atoms with Crippen LogP contribution in [0.3, 0.4) is 0 Å². The average molecular weight is 402 g/mol. The molecule has 0 atom stereocenters. The first-order chi connectivity index (χ1) is 13.0. The Morgan fingerprint density at radius 2 is 2.00 bits per heavy atom. The highest BCUT2D eigenvalue weighted by Crippen LogP contribution is 2.37. The Kier molecular flexibility index (Phi) is 3.60. The number of alkyl halides is 2. The van der Waals surface area contributed by atoms with Crippen LogP contribution in [0.1, 0.15) is 17.7 Å². The van der Waals surface area contributed by atoms with Gasteiger partial charge in [0.15, 0.2) is 11.5 Å². The van der Waals surface area contributed by atoms with E-state index in [4.69, 9.17) is 11.6 Å². The van der Waals surface area contributed by atoms with Crippen LogP contribution in [0.4, 0.5) is 8.78 Å². The van der Waals surface area contributed by atoms with Crippen LogP contribution in [0.15, 0.2) is 36.7 Å². The van der Waals surface area contributed by atoms with Gasteiger partial charge in [0, 0.05) is 10.9 Å². The number of fused-ring (bicyclic) bond motifs is 5. The predicted octanol–water partition coefficient (Wildman–Crippen LogP) is 5.45. The van der Waals surface area contributed by atoms with Gasteiger partial charge in [-0.25, -0.2) is 28.2 Å². The third-order valence-electron chi connectivity index (χ3n) is 4.32. The van der Waals surface area contributed by atoms with E-state index in [2.05, 4.69) is 20.1 Å². The van der Waals surface area contributed by atoms with Crippen molar-refractivity contribution in [3.63, 3.8) is 0 Å². The van der Waals surface area contributed by atoms with Crippen LogP contribution in [0.2, 0.25) is 5.02 Å². The van der Waals surface area contributed by atoms with Crippen molar-refractivity contribution in [1.82, 2.24) is 24.6 Å². The highest BCUT2D eigenvalue weighted by molar-refractivity contribution is 7.26. The molecule has 0 radical (unpaired) electrons. The molecule has 5 nitrogen and oxygen atoms in total. The molecular formula is C18H10ClF2N5S. The molecule has 9 heteroatoms. The maximum absolute atomic E-state index is 13.1. The standard InChI is InChI=1S/C18H10ClF2N5S/c1-8-6-11(15(20)21)23-18-12(8)13-14(27-18)17-24-16(25-26(17)7-22-13)9-4-2-3-5-10(9)19/h2-7,15H,1H3. The zero-order valence-electron chi connectivity index (χ0n) is 13.8. The van der Waals surface area contributed by atoms with Gasteiger partial charge in [-0.15, -0.1) is 16.4 Å². The summed E-state index contributed by atoms with van der Waals surface area (Å²) in [5.41, 5.74) is 2.47. The third-order valence-corrected chi connectivity index (χ3v) is 5.72.